The van der Waals surface area contributed by atoms with Gasteiger partial charge in [-0.25, -0.2) is 9.67 Å². The van der Waals surface area contributed by atoms with Crippen molar-refractivity contribution in [2.45, 2.75) is 38.5 Å². The number of rotatable bonds is 2. The fourth-order valence-electron chi connectivity index (χ4n) is 3.70. The van der Waals surface area contributed by atoms with E-state index in [0.717, 1.165) is 41.7 Å². The standard InChI is InChI=1S/C19H18N4/c1-13-19-15(11-12-20)6-4-8-17(19)23(22-13)18-10-9-14-5-2-3-7-16(14)21-18/h2-3,5,7,9-10,15H,4,6,8,11H2,1H3. The second kappa shape index (κ2) is 5.51. The number of aromatic nitrogens is 3. The lowest BCUT2D eigenvalue weighted by atomic mass is 9.83. The first-order valence-corrected chi connectivity index (χ1v) is 8.09. The molecule has 1 aliphatic carbocycles. The number of aryl methyl sites for hydroxylation is 1. The monoisotopic (exact) mass is 302 g/mol. The second-order valence-electron chi connectivity index (χ2n) is 6.17. The zero-order chi connectivity index (χ0) is 15.8. The summed E-state index contributed by atoms with van der Waals surface area (Å²) in [6, 6.07) is 14.6. The molecule has 0 saturated carbocycles. The van der Waals surface area contributed by atoms with Gasteiger partial charge >= 0.3 is 0 Å². The van der Waals surface area contributed by atoms with E-state index in [4.69, 9.17) is 15.3 Å². The maximum atomic E-state index is 9.09. The van der Waals surface area contributed by atoms with Crippen LogP contribution in [-0.4, -0.2) is 14.8 Å². The van der Waals surface area contributed by atoms with Gasteiger partial charge in [0.05, 0.1) is 17.3 Å². The van der Waals surface area contributed by atoms with Gasteiger partial charge in [-0.2, -0.15) is 10.4 Å². The third-order valence-electron chi connectivity index (χ3n) is 4.72. The first-order valence-electron chi connectivity index (χ1n) is 8.09. The predicted octanol–water partition coefficient (Wildman–Crippen LogP) is 4.06. The Kier molecular flexibility index (Phi) is 3.34. The fraction of sp³-hybridized carbons (Fsp3) is 0.316. The third kappa shape index (κ3) is 2.29. The molecule has 3 aromatic rings. The molecule has 2 aromatic heterocycles. The number of pyridine rings is 1. The predicted molar refractivity (Wildman–Crippen MR) is 89.5 cm³/mol. The topological polar surface area (TPSA) is 54.5 Å². The highest BCUT2D eigenvalue weighted by molar-refractivity contribution is 5.79. The number of fused-ring (bicyclic) bond motifs is 2. The third-order valence-corrected chi connectivity index (χ3v) is 4.72. The molecule has 0 fully saturated rings. The van der Waals surface area contributed by atoms with Crippen LogP contribution in [0.1, 0.15) is 42.1 Å². The minimum Gasteiger partial charge on any atom is -0.229 e. The van der Waals surface area contributed by atoms with E-state index >= 15 is 0 Å². The van der Waals surface area contributed by atoms with Crippen molar-refractivity contribution in [2.24, 2.45) is 0 Å². The smallest absolute Gasteiger partial charge is 0.154 e. The fourth-order valence-corrected chi connectivity index (χ4v) is 3.70. The van der Waals surface area contributed by atoms with Crippen LogP contribution in [0.4, 0.5) is 0 Å². The molecule has 1 unspecified atom stereocenters. The van der Waals surface area contributed by atoms with Crippen molar-refractivity contribution >= 4 is 10.9 Å². The Hall–Kier alpha value is -2.67. The summed E-state index contributed by atoms with van der Waals surface area (Å²) in [4.78, 5) is 4.77. The Labute approximate surface area is 135 Å². The summed E-state index contributed by atoms with van der Waals surface area (Å²) in [6.45, 7) is 2.05. The van der Waals surface area contributed by atoms with Crippen molar-refractivity contribution in [3.05, 3.63) is 53.3 Å². The Balaban J connectivity index is 1.86. The van der Waals surface area contributed by atoms with Crippen LogP contribution in [0.2, 0.25) is 0 Å². The van der Waals surface area contributed by atoms with Gasteiger partial charge in [0.15, 0.2) is 5.82 Å². The molecule has 2 heterocycles. The molecule has 4 nitrogen and oxygen atoms in total. The van der Waals surface area contributed by atoms with Crippen LogP contribution in [0.25, 0.3) is 16.7 Å². The van der Waals surface area contributed by atoms with Gasteiger partial charge < -0.3 is 0 Å². The molecule has 114 valence electrons. The Morgan fingerprint density at radius 3 is 3.00 bits per heavy atom. The van der Waals surface area contributed by atoms with Gasteiger partial charge in [-0.1, -0.05) is 18.2 Å². The molecular formula is C19H18N4. The molecule has 4 heteroatoms. The summed E-state index contributed by atoms with van der Waals surface area (Å²) in [6.07, 6.45) is 3.77. The van der Waals surface area contributed by atoms with E-state index in [1.165, 1.54) is 11.3 Å². The molecule has 23 heavy (non-hydrogen) atoms. The van der Waals surface area contributed by atoms with Gasteiger partial charge in [0.25, 0.3) is 0 Å². The first kappa shape index (κ1) is 14.0. The molecule has 0 aliphatic heterocycles. The van der Waals surface area contributed by atoms with Crippen LogP contribution in [0.3, 0.4) is 0 Å². The quantitative estimate of drug-likeness (QED) is 0.717. The van der Waals surface area contributed by atoms with Gasteiger partial charge in [0.2, 0.25) is 0 Å². The van der Waals surface area contributed by atoms with Crippen LogP contribution in [0, 0.1) is 18.3 Å². The van der Waals surface area contributed by atoms with Crippen LogP contribution < -0.4 is 0 Å². The van der Waals surface area contributed by atoms with Crippen molar-refractivity contribution in [3.8, 4) is 11.9 Å². The largest absolute Gasteiger partial charge is 0.229 e. The maximum absolute atomic E-state index is 9.09. The van der Waals surface area contributed by atoms with E-state index in [9.17, 15) is 0 Å². The number of benzene rings is 1. The molecule has 0 bridgehead atoms. The van der Waals surface area contributed by atoms with Crippen molar-refractivity contribution < 1.29 is 0 Å². The summed E-state index contributed by atoms with van der Waals surface area (Å²) in [5.41, 5.74) is 4.52. The van der Waals surface area contributed by atoms with Gasteiger partial charge in [0, 0.05) is 29.0 Å². The summed E-state index contributed by atoms with van der Waals surface area (Å²) >= 11 is 0. The SMILES string of the molecule is Cc1nn(-c2ccc3ccccc3n2)c2c1C(CC#N)CCC2. The van der Waals surface area contributed by atoms with Crippen LogP contribution >= 0.6 is 0 Å². The highest BCUT2D eigenvalue weighted by Gasteiger charge is 2.27. The average Bonchev–Trinajstić information content (AvgIpc) is 2.93. The maximum Gasteiger partial charge on any atom is 0.154 e. The average molecular weight is 302 g/mol. The molecule has 1 aliphatic rings. The van der Waals surface area contributed by atoms with E-state index in [1.54, 1.807) is 0 Å². The van der Waals surface area contributed by atoms with Crippen molar-refractivity contribution in [3.63, 3.8) is 0 Å². The number of para-hydroxylation sites is 1. The number of hydrogen-bond acceptors (Lipinski definition) is 3. The molecule has 0 radical (unpaired) electrons. The molecule has 1 aromatic carbocycles. The van der Waals surface area contributed by atoms with E-state index in [2.05, 4.69) is 18.2 Å². The molecule has 0 saturated heterocycles. The van der Waals surface area contributed by atoms with E-state index in [1.807, 2.05) is 35.9 Å². The van der Waals surface area contributed by atoms with Crippen LogP contribution in [0.5, 0.6) is 0 Å². The highest BCUT2D eigenvalue weighted by Crippen LogP contribution is 2.36. The normalized spacial score (nSPS) is 17.0. The zero-order valence-corrected chi connectivity index (χ0v) is 13.2. The summed E-state index contributed by atoms with van der Waals surface area (Å²) in [5, 5.41) is 15.0. The summed E-state index contributed by atoms with van der Waals surface area (Å²) < 4.78 is 1.99. The van der Waals surface area contributed by atoms with Gasteiger partial charge in [-0.15, -0.1) is 0 Å². The Bertz CT molecular complexity index is 917. The van der Waals surface area contributed by atoms with E-state index < -0.39 is 0 Å². The lowest BCUT2D eigenvalue weighted by Gasteiger charge is -2.21. The van der Waals surface area contributed by atoms with Crippen LogP contribution in [-0.2, 0) is 6.42 Å². The molecule has 4 rings (SSSR count). The summed E-state index contributed by atoms with van der Waals surface area (Å²) in [7, 11) is 0. The molecule has 1 atom stereocenters. The lowest BCUT2D eigenvalue weighted by Crippen LogP contribution is -2.12. The number of nitriles is 1. The first-order chi connectivity index (χ1) is 11.3. The zero-order valence-electron chi connectivity index (χ0n) is 13.2. The molecule has 0 amide bonds. The molecular weight excluding hydrogens is 284 g/mol. The van der Waals surface area contributed by atoms with Gasteiger partial charge in [-0.3, -0.25) is 0 Å². The highest BCUT2D eigenvalue weighted by atomic mass is 15.3. The van der Waals surface area contributed by atoms with Gasteiger partial charge in [0.1, 0.15) is 0 Å². The Morgan fingerprint density at radius 2 is 2.13 bits per heavy atom. The summed E-state index contributed by atoms with van der Waals surface area (Å²) in [5.74, 6) is 1.18. The van der Waals surface area contributed by atoms with Crippen molar-refractivity contribution in [1.82, 2.24) is 14.8 Å². The van der Waals surface area contributed by atoms with E-state index in [-0.39, 0.29) is 0 Å². The minimum atomic E-state index is 0.318. The molecule has 0 spiro atoms. The van der Waals surface area contributed by atoms with E-state index in [0.29, 0.717) is 12.3 Å². The van der Waals surface area contributed by atoms with Crippen molar-refractivity contribution in [1.29, 1.82) is 5.26 Å². The molecule has 0 N–H and O–H groups in total. The van der Waals surface area contributed by atoms with Crippen molar-refractivity contribution in [2.75, 3.05) is 0 Å². The number of hydrogen-bond donors (Lipinski definition) is 0. The second-order valence-corrected chi connectivity index (χ2v) is 6.17. The minimum absolute atomic E-state index is 0.318. The van der Waals surface area contributed by atoms with Crippen LogP contribution in [0.15, 0.2) is 36.4 Å². The van der Waals surface area contributed by atoms with Gasteiger partial charge in [-0.05, 0) is 44.4 Å². The number of nitrogens with zero attached hydrogens (tertiary/aromatic N) is 4. The Morgan fingerprint density at radius 1 is 1.26 bits per heavy atom. The lowest BCUT2D eigenvalue weighted by molar-refractivity contribution is 0.548.